The van der Waals surface area contributed by atoms with E-state index in [0.29, 0.717) is 18.6 Å². The molecule has 114 valence electrons. The third-order valence-corrected chi connectivity index (χ3v) is 4.42. The molecule has 21 heavy (non-hydrogen) atoms. The first-order chi connectivity index (χ1) is 10.3. The van der Waals surface area contributed by atoms with Gasteiger partial charge >= 0.3 is 0 Å². The Morgan fingerprint density at radius 3 is 2.76 bits per heavy atom. The van der Waals surface area contributed by atoms with Gasteiger partial charge in [0.1, 0.15) is 0 Å². The standard InChI is InChI=1S/C17H25N3O/c1-2-13-3-5-14(6-4-13)16-11-18-9-10-20(16)12-17(21)19-15-7-8-15/h3-6,15-16,18H,2,7-12H2,1H3,(H,19,21). The van der Waals surface area contributed by atoms with Crippen molar-refractivity contribution in [1.29, 1.82) is 0 Å². The van der Waals surface area contributed by atoms with Crippen LogP contribution in [0.25, 0.3) is 0 Å². The van der Waals surface area contributed by atoms with Crippen LogP contribution in [0.15, 0.2) is 24.3 Å². The van der Waals surface area contributed by atoms with Crippen LogP contribution < -0.4 is 10.6 Å². The molecule has 1 atom stereocenters. The highest BCUT2D eigenvalue weighted by atomic mass is 16.2. The molecule has 2 N–H and O–H groups in total. The third kappa shape index (κ3) is 3.83. The first kappa shape index (κ1) is 14.5. The molecule has 2 fully saturated rings. The van der Waals surface area contributed by atoms with E-state index in [1.54, 1.807) is 0 Å². The van der Waals surface area contributed by atoms with Crippen molar-refractivity contribution in [2.45, 2.75) is 38.3 Å². The van der Waals surface area contributed by atoms with Crippen molar-refractivity contribution in [2.24, 2.45) is 0 Å². The number of aryl methyl sites for hydroxylation is 1. The number of piperazine rings is 1. The Labute approximate surface area is 126 Å². The highest BCUT2D eigenvalue weighted by molar-refractivity contribution is 5.78. The Morgan fingerprint density at radius 1 is 1.33 bits per heavy atom. The summed E-state index contributed by atoms with van der Waals surface area (Å²) in [6.45, 7) is 5.49. The van der Waals surface area contributed by atoms with Gasteiger partial charge in [0.15, 0.2) is 0 Å². The van der Waals surface area contributed by atoms with E-state index in [1.807, 2.05) is 0 Å². The normalized spacial score (nSPS) is 23.0. The molecule has 1 aliphatic heterocycles. The summed E-state index contributed by atoms with van der Waals surface area (Å²) in [5.41, 5.74) is 2.67. The number of carbonyl (C=O) groups is 1. The van der Waals surface area contributed by atoms with E-state index in [9.17, 15) is 4.79 Å². The molecule has 1 amide bonds. The zero-order valence-corrected chi connectivity index (χ0v) is 12.8. The van der Waals surface area contributed by atoms with E-state index in [1.165, 1.54) is 11.1 Å². The predicted octanol–water partition coefficient (Wildman–Crippen LogP) is 1.47. The molecule has 1 saturated carbocycles. The maximum Gasteiger partial charge on any atom is 0.234 e. The Morgan fingerprint density at radius 2 is 2.10 bits per heavy atom. The maximum atomic E-state index is 12.1. The maximum absolute atomic E-state index is 12.1. The van der Waals surface area contributed by atoms with Crippen molar-refractivity contribution < 1.29 is 4.79 Å². The summed E-state index contributed by atoms with van der Waals surface area (Å²) in [6, 6.07) is 9.57. The molecule has 1 heterocycles. The van der Waals surface area contributed by atoms with Crippen LogP contribution in [0.4, 0.5) is 0 Å². The molecular formula is C17H25N3O. The lowest BCUT2D eigenvalue weighted by molar-refractivity contribution is -0.123. The second-order valence-corrected chi connectivity index (χ2v) is 6.13. The van der Waals surface area contributed by atoms with Gasteiger partial charge in [-0.1, -0.05) is 31.2 Å². The molecule has 2 aliphatic rings. The highest BCUT2D eigenvalue weighted by Gasteiger charge is 2.28. The summed E-state index contributed by atoms with van der Waals surface area (Å²) in [5, 5.41) is 6.54. The van der Waals surface area contributed by atoms with E-state index < -0.39 is 0 Å². The quantitative estimate of drug-likeness (QED) is 0.862. The second kappa shape index (κ2) is 6.58. The third-order valence-electron chi connectivity index (χ3n) is 4.42. The van der Waals surface area contributed by atoms with Crippen molar-refractivity contribution in [3.05, 3.63) is 35.4 Å². The van der Waals surface area contributed by atoms with Gasteiger partial charge in [0.05, 0.1) is 6.54 Å². The number of amides is 1. The summed E-state index contributed by atoms with van der Waals surface area (Å²) in [7, 11) is 0. The van der Waals surface area contributed by atoms with Gasteiger partial charge in [0.25, 0.3) is 0 Å². The molecule has 4 nitrogen and oxygen atoms in total. The molecular weight excluding hydrogens is 262 g/mol. The van der Waals surface area contributed by atoms with Gasteiger partial charge in [-0.3, -0.25) is 9.69 Å². The number of hydrogen-bond donors (Lipinski definition) is 2. The molecule has 4 heteroatoms. The van der Waals surface area contributed by atoms with Crippen molar-refractivity contribution in [3.63, 3.8) is 0 Å². The van der Waals surface area contributed by atoms with E-state index in [-0.39, 0.29) is 5.91 Å². The predicted molar refractivity (Wildman–Crippen MR) is 84.2 cm³/mol. The topological polar surface area (TPSA) is 44.4 Å². The van der Waals surface area contributed by atoms with Crippen LogP contribution in [0, 0.1) is 0 Å². The number of nitrogens with one attached hydrogen (secondary N) is 2. The van der Waals surface area contributed by atoms with Crippen molar-refractivity contribution in [3.8, 4) is 0 Å². The van der Waals surface area contributed by atoms with E-state index in [2.05, 4.69) is 46.7 Å². The monoisotopic (exact) mass is 287 g/mol. The first-order valence-electron chi connectivity index (χ1n) is 8.09. The van der Waals surface area contributed by atoms with Crippen LogP contribution in [0.1, 0.15) is 36.9 Å². The lowest BCUT2D eigenvalue weighted by atomic mass is 10.0. The molecule has 3 rings (SSSR count). The molecule has 0 aromatic heterocycles. The van der Waals surface area contributed by atoms with Crippen LogP contribution in [0.3, 0.4) is 0 Å². The van der Waals surface area contributed by atoms with Gasteiger partial charge in [-0.2, -0.15) is 0 Å². The fourth-order valence-electron chi connectivity index (χ4n) is 2.93. The highest BCUT2D eigenvalue weighted by Crippen LogP contribution is 2.23. The Bertz CT molecular complexity index is 481. The lowest BCUT2D eigenvalue weighted by Gasteiger charge is -2.36. The molecule has 1 unspecified atom stereocenters. The zero-order chi connectivity index (χ0) is 14.7. The van der Waals surface area contributed by atoms with Crippen LogP contribution in [0.2, 0.25) is 0 Å². The minimum atomic E-state index is 0.176. The average Bonchev–Trinajstić information content (AvgIpc) is 3.32. The van der Waals surface area contributed by atoms with Gasteiger partial charge in [0, 0.05) is 31.7 Å². The van der Waals surface area contributed by atoms with E-state index in [4.69, 9.17) is 0 Å². The fourth-order valence-corrected chi connectivity index (χ4v) is 2.93. The minimum absolute atomic E-state index is 0.176. The molecule has 1 aliphatic carbocycles. The number of carbonyl (C=O) groups excluding carboxylic acids is 1. The lowest BCUT2D eigenvalue weighted by Crippen LogP contribution is -2.49. The largest absolute Gasteiger partial charge is 0.352 e. The fraction of sp³-hybridized carbons (Fsp3) is 0.588. The number of hydrogen-bond acceptors (Lipinski definition) is 3. The van der Waals surface area contributed by atoms with Crippen molar-refractivity contribution >= 4 is 5.91 Å². The van der Waals surface area contributed by atoms with Crippen LogP contribution in [-0.2, 0) is 11.2 Å². The number of benzene rings is 1. The van der Waals surface area contributed by atoms with Gasteiger partial charge in [-0.15, -0.1) is 0 Å². The Balaban J connectivity index is 1.65. The summed E-state index contributed by atoms with van der Waals surface area (Å²) in [5.74, 6) is 0.176. The summed E-state index contributed by atoms with van der Waals surface area (Å²) < 4.78 is 0. The van der Waals surface area contributed by atoms with E-state index >= 15 is 0 Å². The molecule has 0 bridgehead atoms. The SMILES string of the molecule is CCc1ccc(C2CNCCN2CC(=O)NC2CC2)cc1. The van der Waals surface area contributed by atoms with Gasteiger partial charge in [0.2, 0.25) is 5.91 Å². The Kier molecular flexibility index (Phi) is 4.56. The molecule has 1 saturated heterocycles. The van der Waals surface area contributed by atoms with Gasteiger partial charge in [-0.05, 0) is 30.4 Å². The van der Waals surface area contributed by atoms with Crippen molar-refractivity contribution in [2.75, 3.05) is 26.2 Å². The van der Waals surface area contributed by atoms with E-state index in [0.717, 1.165) is 38.9 Å². The van der Waals surface area contributed by atoms with Crippen molar-refractivity contribution in [1.82, 2.24) is 15.5 Å². The minimum Gasteiger partial charge on any atom is -0.352 e. The molecule has 0 radical (unpaired) electrons. The van der Waals surface area contributed by atoms with Crippen LogP contribution in [0.5, 0.6) is 0 Å². The van der Waals surface area contributed by atoms with Crippen LogP contribution >= 0.6 is 0 Å². The summed E-state index contributed by atoms with van der Waals surface area (Å²) in [4.78, 5) is 14.4. The molecule has 1 aromatic carbocycles. The summed E-state index contributed by atoms with van der Waals surface area (Å²) in [6.07, 6.45) is 3.36. The second-order valence-electron chi connectivity index (χ2n) is 6.13. The molecule has 1 aromatic rings. The Hall–Kier alpha value is -1.39. The molecule has 0 spiro atoms. The van der Waals surface area contributed by atoms with Gasteiger partial charge < -0.3 is 10.6 Å². The van der Waals surface area contributed by atoms with Crippen LogP contribution in [-0.4, -0.2) is 43.0 Å². The number of rotatable bonds is 5. The summed E-state index contributed by atoms with van der Waals surface area (Å²) >= 11 is 0. The smallest absolute Gasteiger partial charge is 0.234 e. The average molecular weight is 287 g/mol. The number of nitrogens with zero attached hydrogens (tertiary/aromatic N) is 1. The van der Waals surface area contributed by atoms with Gasteiger partial charge in [-0.25, -0.2) is 0 Å². The first-order valence-corrected chi connectivity index (χ1v) is 8.09. The zero-order valence-electron chi connectivity index (χ0n) is 12.8.